The standard InChI is InChI=1S/C23H30ClN3O2/c1-17(2)21(26-22(28)19-10-12-20(24)13-11-19)23(29)25-14-7-15-27(3)16-18-8-5-4-6-9-18/h4-6,8-13,17,21H,7,14-16H2,1-3H3,(H,25,29)(H,26,28)/t21-/m0/s1. The summed E-state index contributed by atoms with van der Waals surface area (Å²) in [4.78, 5) is 27.2. The second-order valence-electron chi connectivity index (χ2n) is 7.57. The highest BCUT2D eigenvalue weighted by Crippen LogP contribution is 2.11. The van der Waals surface area contributed by atoms with Gasteiger partial charge in [-0.15, -0.1) is 0 Å². The van der Waals surface area contributed by atoms with Crippen LogP contribution in [0.15, 0.2) is 54.6 Å². The van der Waals surface area contributed by atoms with Crippen LogP contribution < -0.4 is 10.6 Å². The van der Waals surface area contributed by atoms with Crippen molar-refractivity contribution in [2.24, 2.45) is 5.92 Å². The summed E-state index contributed by atoms with van der Waals surface area (Å²) in [6.45, 7) is 6.15. The van der Waals surface area contributed by atoms with Crippen molar-refractivity contribution in [2.45, 2.75) is 32.9 Å². The molecule has 2 rings (SSSR count). The Morgan fingerprint density at radius 3 is 2.31 bits per heavy atom. The van der Waals surface area contributed by atoms with Crippen LogP contribution in [0.4, 0.5) is 0 Å². The third-order valence-corrected chi connectivity index (χ3v) is 4.91. The van der Waals surface area contributed by atoms with Crippen LogP contribution in [-0.2, 0) is 11.3 Å². The van der Waals surface area contributed by atoms with Gasteiger partial charge in [0.15, 0.2) is 0 Å². The van der Waals surface area contributed by atoms with Gasteiger partial charge >= 0.3 is 0 Å². The van der Waals surface area contributed by atoms with Crippen LogP contribution in [0, 0.1) is 5.92 Å². The molecule has 0 fully saturated rings. The molecule has 0 saturated carbocycles. The van der Waals surface area contributed by atoms with Crippen molar-refractivity contribution in [2.75, 3.05) is 20.1 Å². The minimum absolute atomic E-state index is 0.0213. The largest absolute Gasteiger partial charge is 0.354 e. The molecule has 0 aliphatic rings. The first-order chi connectivity index (χ1) is 13.9. The summed E-state index contributed by atoms with van der Waals surface area (Å²) in [7, 11) is 2.07. The molecule has 0 aromatic heterocycles. The quantitative estimate of drug-likeness (QED) is 0.581. The number of carbonyl (C=O) groups excluding carboxylic acids is 2. The summed E-state index contributed by atoms with van der Waals surface area (Å²) in [6.07, 6.45) is 0.838. The lowest BCUT2D eigenvalue weighted by atomic mass is 10.0. The Kier molecular flexibility index (Phi) is 9.16. The fourth-order valence-corrected chi connectivity index (χ4v) is 3.13. The van der Waals surface area contributed by atoms with Crippen LogP contribution in [0.1, 0.15) is 36.2 Å². The summed E-state index contributed by atoms with van der Waals surface area (Å²) >= 11 is 5.86. The van der Waals surface area contributed by atoms with Gasteiger partial charge in [-0.05, 0) is 55.8 Å². The molecule has 0 heterocycles. The topological polar surface area (TPSA) is 61.4 Å². The zero-order valence-electron chi connectivity index (χ0n) is 17.3. The Balaban J connectivity index is 1.77. The van der Waals surface area contributed by atoms with Gasteiger partial charge in [-0.25, -0.2) is 0 Å². The minimum Gasteiger partial charge on any atom is -0.354 e. The first kappa shape index (κ1) is 22.9. The van der Waals surface area contributed by atoms with E-state index in [-0.39, 0.29) is 17.7 Å². The molecular formula is C23H30ClN3O2. The number of nitrogens with one attached hydrogen (secondary N) is 2. The van der Waals surface area contributed by atoms with E-state index in [1.165, 1.54) is 5.56 Å². The number of amides is 2. The second kappa shape index (κ2) is 11.6. The molecular weight excluding hydrogens is 386 g/mol. The maximum Gasteiger partial charge on any atom is 0.251 e. The van der Waals surface area contributed by atoms with Gasteiger partial charge < -0.3 is 15.5 Å². The molecule has 0 aliphatic carbocycles. The number of hydrogen-bond acceptors (Lipinski definition) is 3. The van der Waals surface area contributed by atoms with Crippen LogP contribution in [0.25, 0.3) is 0 Å². The lowest BCUT2D eigenvalue weighted by Crippen LogP contribution is -2.50. The molecule has 1 atom stereocenters. The van der Waals surface area contributed by atoms with Crippen molar-refractivity contribution >= 4 is 23.4 Å². The fraction of sp³-hybridized carbons (Fsp3) is 0.391. The molecule has 0 spiro atoms. The van der Waals surface area contributed by atoms with E-state index in [0.717, 1.165) is 19.5 Å². The Labute approximate surface area is 178 Å². The molecule has 2 N–H and O–H groups in total. The number of benzene rings is 2. The summed E-state index contributed by atoms with van der Waals surface area (Å²) in [5.41, 5.74) is 1.75. The summed E-state index contributed by atoms with van der Waals surface area (Å²) in [5, 5.41) is 6.34. The highest BCUT2D eigenvalue weighted by molar-refractivity contribution is 6.30. The average molecular weight is 416 g/mol. The monoisotopic (exact) mass is 415 g/mol. The predicted octanol–water partition coefficient (Wildman–Crippen LogP) is 3.73. The van der Waals surface area contributed by atoms with E-state index >= 15 is 0 Å². The van der Waals surface area contributed by atoms with Crippen LogP contribution >= 0.6 is 11.6 Å². The maximum absolute atomic E-state index is 12.6. The molecule has 0 bridgehead atoms. The molecule has 0 saturated heterocycles. The predicted molar refractivity (Wildman–Crippen MR) is 118 cm³/mol. The first-order valence-corrected chi connectivity index (χ1v) is 10.3. The van der Waals surface area contributed by atoms with Crippen molar-refractivity contribution in [3.8, 4) is 0 Å². The third-order valence-electron chi connectivity index (χ3n) is 4.65. The number of halogens is 1. The zero-order chi connectivity index (χ0) is 21.2. The minimum atomic E-state index is -0.583. The summed E-state index contributed by atoms with van der Waals surface area (Å²) in [5.74, 6) is -0.460. The van der Waals surface area contributed by atoms with Gasteiger partial charge in [-0.3, -0.25) is 9.59 Å². The fourth-order valence-electron chi connectivity index (χ4n) is 3.01. The van der Waals surface area contributed by atoms with Crippen LogP contribution in [0.3, 0.4) is 0 Å². The van der Waals surface area contributed by atoms with E-state index in [9.17, 15) is 9.59 Å². The molecule has 5 nitrogen and oxygen atoms in total. The lowest BCUT2D eigenvalue weighted by molar-refractivity contribution is -0.123. The Morgan fingerprint density at radius 1 is 1.03 bits per heavy atom. The summed E-state index contributed by atoms with van der Waals surface area (Å²) in [6, 6.07) is 16.3. The zero-order valence-corrected chi connectivity index (χ0v) is 18.1. The second-order valence-corrected chi connectivity index (χ2v) is 8.01. The normalized spacial score (nSPS) is 12.1. The van der Waals surface area contributed by atoms with Crippen LogP contribution in [0.2, 0.25) is 5.02 Å². The maximum atomic E-state index is 12.6. The number of nitrogens with zero attached hydrogens (tertiary/aromatic N) is 1. The first-order valence-electron chi connectivity index (χ1n) is 9.93. The highest BCUT2D eigenvalue weighted by atomic mass is 35.5. The molecule has 0 unspecified atom stereocenters. The summed E-state index contributed by atoms with van der Waals surface area (Å²) < 4.78 is 0. The Hall–Kier alpha value is -2.37. The van der Waals surface area contributed by atoms with Crippen LogP contribution in [-0.4, -0.2) is 42.9 Å². The molecule has 2 aromatic carbocycles. The Morgan fingerprint density at radius 2 is 1.69 bits per heavy atom. The molecule has 0 radical (unpaired) electrons. The van der Waals surface area contributed by atoms with Gasteiger partial charge in [0.2, 0.25) is 5.91 Å². The van der Waals surface area contributed by atoms with Gasteiger partial charge in [0.05, 0.1) is 0 Å². The molecule has 2 aromatic rings. The molecule has 156 valence electrons. The SMILES string of the molecule is CC(C)[C@H](NC(=O)c1ccc(Cl)cc1)C(=O)NCCCN(C)Cc1ccccc1. The van der Waals surface area contributed by atoms with E-state index in [1.807, 2.05) is 32.0 Å². The van der Waals surface area contributed by atoms with Gasteiger partial charge in [-0.2, -0.15) is 0 Å². The van der Waals surface area contributed by atoms with Gasteiger partial charge in [0, 0.05) is 23.7 Å². The third kappa shape index (κ3) is 7.87. The van der Waals surface area contributed by atoms with Crippen molar-refractivity contribution in [3.63, 3.8) is 0 Å². The molecule has 0 aliphatic heterocycles. The smallest absolute Gasteiger partial charge is 0.251 e. The average Bonchev–Trinajstić information content (AvgIpc) is 2.70. The van der Waals surface area contributed by atoms with E-state index in [1.54, 1.807) is 24.3 Å². The van der Waals surface area contributed by atoms with Crippen LogP contribution in [0.5, 0.6) is 0 Å². The molecule has 29 heavy (non-hydrogen) atoms. The van der Waals surface area contributed by atoms with Crippen molar-refractivity contribution in [1.82, 2.24) is 15.5 Å². The number of rotatable bonds is 10. The van der Waals surface area contributed by atoms with E-state index in [2.05, 4.69) is 34.7 Å². The lowest BCUT2D eigenvalue weighted by Gasteiger charge is -2.22. The van der Waals surface area contributed by atoms with Crippen molar-refractivity contribution in [1.29, 1.82) is 0 Å². The number of hydrogen-bond donors (Lipinski definition) is 2. The van der Waals surface area contributed by atoms with E-state index < -0.39 is 6.04 Å². The van der Waals surface area contributed by atoms with Crippen molar-refractivity contribution in [3.05, 3.63) is 70.7 Å². The van der Waals surface area contributed by atoms with E-state index in [4.69, 9.17) is 11.6 Å². The molecule has 6 heteroatoms. The molecule has 2 amide bonds. The van der Waals surface area contributed by atoms with Gasteiger partial charge in [0.25, 0.3) is 5.91 Å². The Bertz CT molecular complexity index is 778. The van der Waals surface area contributed by atoms with E-state index in [0.29, 0.717) is 17.1 Å². The highest BCUT2D eigenvalue weighted by Gasteiger charge is 2.24. The van der Waals surface area contributed by atoms with Crippen molar-refractivity contribution < 1.29 is 9.59 Å². The van der Waals surface area contributed by atoms with Gasteiger partial charge in [0.1, 0.15) is 6.04 Å². The number of carbonyl (C=O) groups is 2. The van der Waals surface area contributed by atoms with Gasteiger partial charge in [-0.1, -0.05) is 55.8 Å².